The van der Waals surface area contributed by atoms with Gasteiger partial charge in [0.1, 0.15) is 11.4 Å². The minimum absolute atomic E-state index is 0.138. The van der Waals surface area contributed by atoms with Gasteiger partial charge in [0.2, 0.25) is 5.88 Å². The lowest BCUT2D eigenvalue weighted by molar-refractivity contribution is 0.442. The highest BCUT2D eigenvalue weighted by Gasteiger charge is 2.21. The van der Waals surface area contributed by atoms with Gasteiger partial charge >= 0.3 is 0 Å². The lowest BCUT2D eigenvalue weighted by atomic mass is 9.86. The van der Waals surface area contributed by atoms with Gasteiger partial charge in [-0.1, -0.05) is 61.0 Å². The minimum Gasteiger partial charge on any atom is -0.437 e. The molecule has 0 fully saturated rings. The van der Waals surface area contributed by atoms with E-state index in [1.54, 1.807) is 30.5 Å². The first-order chi connectivity index (χ1) is 13.2. The van der Waals surface area contributed by atoms with Gasteiger partial charge in [-0.25, -0.2) is 13.4 Å². The molecule has 2 aromatic carbocycles. The molecule has 0 aliphatic heterocycles. The van der Waals surface area contributed by atoms with Gasteiger partial charge in [0.25, 0.3) is 10.0 Å². The zero-order valence-electron chi connectivity index (χ0n) is 15.8. The van der Waals surface area contributed by atoms with Crippen molar-refractivity contribution in [1.82, 2.24) is 4.98 Å². The van der Waals surface area contributed by atoms with Crippen LogP contribution in [0.3, 0.4) is 0 Å². The first kappa shape index (κ1) is 20.4. The van der Waals surface area contributed by atoms with E-state index >= 15 is 0 Å². The summed E-state index contributed by atoms with van der Waals surface area (Å²) < 4.78 is 34.8. The summed E-state index contributed by atoms with van der Waals surface area (Å²) in [6.45, 7) is 6.26. The van der Waals surface area contributed by atoms with Gasteiger partial charge in [0, 0.05) is 16.2 Å². The third-order valence-corrected chi connectivity index (χ3v) is 5.88. The molecule has 0 bridgehead atoms. The second-order valence-electron chi connectivity index (χ2n) is 7.27. The Bertz CT molecular complexity index is 1090. The molecular formula is C21H21BrN2O3S. The summed E-state index contributed by atoms with van der Waals surface area (Å²) in [4.78, 5) is 4.38. The molecular weight excluding hydrogens is 440 g/mol. The SMILES string of the molecule is CC(C)(C)c1ccccc1Oc1ncccc1NS(=O)(=O)c1cccc(Br)c1. The fourth-order valence-corrected chi connectivity index (χ4v) is 4.32. The molecule has 0 radical (unpaired) electrons. The molecule has 1 heterocycles. The van der Waals surface area contributed by atoms with Gasteiger partial charge in [-0.3, -0.25) is 4.72 Å². The average molecular weight is 461 g/mol. The second-order valence-corrected chi connectivity index (χ2v) is 9.87. The predicted octanol–water partition coefficient (Wildman–Crippen LogP) is 5.73. The van der Waals surface area contributed by atoms with Crippen LogP contribution in [0, 0.1) is 0 Å². The number of aromatic nitrogens is 1. The molecule has 0 aliphatic rings. The van der Waals surface area contributed by atoms with Crippen molar-refractivity contribution in [2.45, 2.75) is 31.1 Å². The Morgan fingerprint density at radius 2 is 1.75 bits per heavy atom. The van der Waals surface area contributed by atoms with Crippen molar-refractivity contribution in [3.63, 3.8) is 0 Å². The summed E-state index contributed by atoms with van der Waals surface area (Å²) in [5.74, 6) is 0.828. The van der Waals surface area contributed by atoms with Crippen LogP contribution in [0.15, 0.2) is 76.2 Å². The van der Waals surface area contributed by atoms with E-state index < -0.39 is 10.0 Å². The van der Waals surface area contributed by atoms with Crippen LogP contribution >= 0.6 is 15.9 Å². The maximum Gasteiger partial charge on any atom is 0.262 e. The molecule has 1 aromatic heterocycles. The maximum atomic E-state index is 12.8. The molecule has 5 nitrogen and oxygen atoms in total. The summed E-state index contributed by atoms with van der Waals surface area (Å²) in [6, 6.07) is 17.4. The van der Waals surface area contributed by atoms with E-state index in [9.17, 15) is 8.42 Å². The lowest BCUT2D eigenvalue weighted by Crippen LogP contribution is -2.15. The van der Waals surface area contributed by atoms with E-state index in [1.807, 2.05) is 24.3 Å². The lowest BCUT2D eigenvalue weighted by Gasteiger charge is -2.22. The van der Waals surface area contributed by atoms with Crippen LogP contribution < -0.4 is 9.46 Å². The molecule has 28 heavy (non-hydrogen) atoms. The molecule has 0 unspecified atom stereocenters. The van der Waals surface area contributed by atoms with Gasteiger partial charge in [0.05, 0.1) is 4.90 Å². The van der Waals surface area contributed by atoms with Crippen LogP contribution in [0.1, 0.15) is 26.3 Å². The van der Waals surface area contributed by atoms with Gasteiger partial charge in [-0.2, -0.15) is 0 Å². The van der Waals surface area contributed by atoms with Crippen LogP contribution in [0.25, 0.3) is 0 Å². The summed E-state index contributed by atoms with van der Waals surface area (Å²) in [7, 11) is -3.79. The molecule has 0 saturated heterocycles. The minimum atomic E-state index is -3.79. The Labute approximate surface area is 174 Å². The van der Waals surface area contributed by atoms with Crippen LogP contribution in [-0.2, 0) is 15.4 Å². The number of anilines is 1. The topological polar surface area (TPSA) is 68.3 Å². The summed E-state index contributed by atoms with van der Waals surface area (Å²) >= 11 is 3.30. The third-order valence-electron chi connectivity index (χ3n) is 4.02. The van der Waals surface area contributed by atoms with Crippen molar-refractivity contribution in [3.05, 3.63) is 76.9 Å². The number of rotatable bonds is 5. The molecule has 3 rings (SSSR count). The van der Waals surface area contributed by atoms with Crippen molar-refractivity contribution < 1.29 is 13.2 Å². The van der Waals surface area contributed by atoms with Crippen LogP contribution in [0.5, 0.6) is 11.6 Å². The number of benzene rings is 2. The van der Waals surface area contributed by atoms with Crippen molar-refractivity contribution in [2.75, 3.05) is 4.72 Å². The number of ether oxygens (including phenoxy) is 1. The number of nitrogens with one attached hydrogen (secondary N) is 1. The van der Waals surface area contributed by atoms with Crippen molar-refractivity contribution in [2.24, 2.45) is 0 Å². The van der Waals surface area contributed by atoms with E-state index in [4.69, 9.17) is 4.74 Å². The summed E-state index contributed by atoms with van der Waals surface area (Å²) in [5.41, 5.74) is 1.13. The van der Waals surface area contributed by atoms with Gasteiger partial charge in [-0.05, 0) is 41.8 Å². The fraction of sp³-hybridized carbons (Fsp3) is 0.190. The molecule has 7 heteroatoms. The molecule has 0 amide bonds. The zero-order chi connectivity index (χ0) is 20.4. The van der Waals surface area contributed by atoms with Crippen LogP contribution in [-0.4, -0.2) is 13.4 Å². The number of sulfonamides is 1. The number of hydrogen-bond donors (Lipinski definition) is 1. The zero-order valence-corrected chi connectivity index (χ0v) is 18.2. The highest BCUT2D eigenvalue weighted by atomic mass is 79.9. The molecule has 0 aliphatic carbocycles. The first-order valence-electron chi connectivity index (χ1n) is 8.67. The molecule has 0 atom stereocenters. The van der Waals surface area contributed by atoms with Crippen molar-refractivity contribution >= 4 is 31.6 Å². The van der Waals surface area contributed by atoms with E-state index in [2.05, 4.69) is 46.4 Å². The molecule has 0 saturated carbocycles. The third kappa shape index (κ3) is 4.72. The van der Waals surface area contributed by atoms with Gasteiger partial charge in [-0.15, -0.1) is 0 Å². The normalized spacial score (nSPS) is 11.9. The standard InChI is InChI=1S/C21H21BrN2O3S/c1-21(2,3)17-10-4-5-12-19(17)27-20-18(11-7-13-23-20)24-28(25,26)16-9-6-8-15(22)14-16/h4-14,24H,1-3H3. The van der Waals surface area contributed by atoms with E-state index in [-0.39, 0.29) is 21.9 Å². The van der Waals surface area contributed by atoms with Crippen molar-refractivity contribution in [1.29, 1.82) is 0 Å². The highest BCUT2D eigenvalue weighted by Crippen LogP contribution is 2.36. The van der Waals surface area contributed by atoms with Crippen LogP contribution in [0.4, 0.5) is 5.69 Å². The molecule has 1 N–H and O–H groups in total. The number of nitrogens with zero attached hydrogens (tertiary/aromatic N) is 1. The number of halogens is 1. The Balaban J connectivity index is 1.95. The van der Waals surface area contributed by atoms with E-state index in [0.717, 1.165) is 5.56 Å². The number of hydrogen-bond acceptors (Lipinski definition) is 4. The van der Waals surface area contributed by atoms with Crippen molar-refractivity contribution in [3.8, 4) is 11.6 Å². The maximum absolute atomic E-state index is 12.8. The van der Waals surface area contributed by atoms with Crippen LogP contribution in [0.2, 0.25) is 0 Å². The Kier molecular flexibility index (Phi) is 5.76. The quantitative estimate of drug-likeness (QED) is 0.527. The van der Waals surface area contributed by atoms with E-state index in [0.29, 0.717) is 10.2 Å². The predicted molar refractivity (Wildman–Crippen MR) is 114 cm³/mol. The Morgan fingerprint density at radius 3 is 2.46 bits per heavy atom. The number of para-hydroxylation sites is 1. The van der Waals surface area contributed by atoms with Gasteiger partial charge in [0.15, 0.2) is 0 Å². The smallest absolute Gasteiger partial charge is 0.262 e. The second kappa shape index (κ2) is 7.93. The molecule has 3 aromatic rings. The highest BCUT2D eigenvalue weighted by molar-refractivity contribution is 9.10. The fourth-order valence-electron chi connectivity index (χ4n) is 2.67. The van der Waals surface area contributed by atoms with Gasteiger partial charge < -0.3 is 4.74 Å². The largest absolute Gasteiger partial charge is 0.437 e. The average Bonchev–Trinajstić information content (AvgIpc) is 2.63. The number of pyridine rings is 1. The first-order valence-corrected chi connectivity index (χ1v) is 11.0. The molecule has 146 valence electrons. The summed E-state index contributed by atoms with van der Waals surface area (Å²) in [6.07, 6.45) is 1.56. The Morgan fingerprint density at radius 1 is 1.00 bits per heavy atom. The van der Waals surface area contributed by atoms with E-state index in [1.165, 1.54) is 12.1 Å². The summed E-state index contributed by atoms with van der Waals surface area (Å²) in [5, 5.41) is 0. The monoisotopic (exact) mass is 460 g/mol. The molecule has 0 spiro atoms. The Hall–Kier alpha value is -2.38.